The normalized spacial score (nSPS) is 10.9. The van der Waals surface area contributed by atoms with Crippen LogP contribution in [0.5, 0.6) is 0 Å². The summed E-state index contributed by atoms with van der Waals surface area (Å²) in [6.07, 6.45) is 2.62. The highest BCUT2D eigenvalue weighted by Gasteiger charge is 2.15. The molecule has 1 heterocycles. The molecule has 0 aliphatic carbocycles. The third-order valence-corrected chi connectivity index (χ3v) is 4.36. The predicted molar refractivity (Wildman–Crippen MR) is 97.9 cm³/mol. The summed E-state index contributed by atoms with van der Waals surface area (Å²) in [5.41, 5.74) is 3.44. The van der Waals surface area contributed by atoms with Gasteiger partial charge in [0.25, 0.3) is 0 Å². The number of benzene rings is 2. The molecular formula is C20H23N3. The average molecular weight is 305 g/mol. The van der Waals surface area contributed by atoms with E-state index in [0.717, 1.165) is 36.6 Å². The second-order valence-corrected chi connectivity index (χ2v) is 5.61. The minimum atomic E-state index is 0.925. The molecular weight excluding hydrogens is 282 g/mol. The second kappa shape index (κ2) is 6.78. The molecule has 3 nitrogen and oxygen atoms in total. The maximum atomic E-state index is 4.60. The molecule has 0 radical (unpaired) electrons. The molecule has 0 aliphatic rings. The van der Waals surface area contributed by atoms with Gasteiger partial charge in [0.15, 0.2) is 0 Å². The summed E-state index contributed by atoms with van der Waals surface area (Å²) in [7, 11) is 0. The van der Waals surface area contributed by atoms with Crippen LogP contribution in [0.2, 0.25) is 0 Å². The minimum Gasteiger partial charge on any atom is -0.357 e. The Balaban J connectivity index is 2.15. The molecule has 3 heteroatoms. The largest absolute Gasteiger partial charge is 0.357 e. The van der Waals surface area contributed by atoms with Crippen LogP contribution in [0.15, 0.2) is 48.8 Å². The first kappa shape index (κ1) is 15.5. The van der Waals surface area contributed by atoms with Gasteiger partial charge in [0.2, 0.25) is 0 Å². The highest BCUT2D eigenvalue weighted by Crippen LogP contribution is 2.30. The first-order chi connectivity index (χ1) is 11.3. The van der Waals surface area contributed by atoms with E-state index < -0.39 is 0 Å². The van der Waals surface area contributed by atoms with Crippen LogP contribution in [0.4, 0.5) is 5.82 Å². The molecule has 23 heavy (non-hydrogen) atoms. The number of rotatable bonds is 5. The molecule has 0 saturated heterocycles. The van der Waals surface area contributed by atoms with Crippen molar-refractivity contribution in [1.29, 1.82) is 0 Å². The lowest BCUT2D eigenvalue weighted by Crippen LogP contribution is -2.24. The van der Waals surface area contributed by atoms with E-state index in [-0.39, 0.29) is 0 Å². The summed E-state index contributed by atoms with van der Waals surface area (Å²) in [5, 5.41) is 2.50. The third-order valence-electron chi connectivity index (χ3n) is 4.36. The molecule has 0 unspecified atom stereocenters. The SMILES string of the molecule is CCc1c(-c2ccc3ccccc3c2)ncnc1N(CC)CC. The van der Waals surface area contributed by atoms with Crippen LogP contribution < -0.4 is 4.90 Å². The molecule has 1 aromatic heterocycles. The second-order valence-electron chi connectivity index (χ2n) is 5.61. The monoisotopic (exact) mass is 305 g/mol. The summed E-state index contributed by atoms with van der Waals surface area (Å²) in [6.45, 7) is 8.42. The van der Waals surface area contributed by atoms with Gasteiger partial charge >= 0.3 is 0 Å². The molecule has 0 N–H and O–H groups in total. The predicted octanol–water partition coefficient (Wildman–Crippen LogP) is 4.71. The van der Waals surface area contributed by atoms with Crippen molar-refractivity contribution in [2.45, 2.75) is 27.2 Å². The molecule has 2 aromatic carbocycles. The minimum absolute atomic E-state index is 0.925. The number of hydrogen-bond donors (Lipinski definition) is 0. The van der Waals surface area contributed by atoms with E-state index in [2.05, 4.69) is 78.1 Å². The van der Waals surface area contributed by atoms with Crippen molar-refractivity contribution in [3.05, 3.63) is 54.4 Å². The summed E-state index contributed by atoms with van der Waals surface area (Å²) >= 11 is 0. The maximum absolute atomic E-state index is 4.60. The molecule has 0 atom stereocenters. The van der Waals surface area contributed by atoms with E-state index in [1.54, 1.807) is 6.33 Å². The molecule has 0 aliphatic heterocycles. The Kier molecular flexibility index (Phi) is 4.56. The zero-order valence-electron chi connectivity index (χ0n) is 14.1. The summed E-state index contributed by atoms with van der Waals surface area (Å²) in [5.74, 6) is 1.07. The van der Waals surface area contributed by atoms with Gasteiger partial charge in [0.05, 0.1) is 5.69 Å². The van der Waals surface area contributed by atoms with Crippen molar-refractivity contribution >= 4 is 16.6 Å². The Morgan fingerprint density at radius 3 is 2.30 bits per heavy atom. The van der Waals surface area contributed by atoms with E-state index in [4.69, 9.17) is 0 Å². The Labute approximate surface area is 138 Å². The molecule has 0 spiro atoms. The van der Waals surface area contributed by atoms with Gasteiger partial charge in [-0.25, -0.2) is 9.97 Å². The Bertz CT molecular complexity index is 807. The molecule has 118 valence electrons. The summed E-state index contributed by atoms with van der Waals surface area (Å²) < 4.78 is 0. The Morgan fingerprint density at radius 1 is 0.870 bits per heavy atom. The van der Waals surface area contributed by atoms with Crippen LogP contribution in [0.1, 0.15) is 26.3 Å². The maximum Gasteiger partial charge on any atom is 0.135 e. The van der Waals surface area contributed by atoms with Gasteiger partial charge in [0.1, 0.15) is 12.1 Å². The lowest BCUT2D eigenvalue weighted by atomic mass is 10.0. The van der Waals surface area contributed by atoms with Crippen LogP contribution in [0, 0.1) is 0 Å². The van der Waals surface area contributed by atoms with Crippen LogP contribution in [-0.4, -0.2) is 23.1 Å². The zero-order valence-corrected chi connectivity index (χ0v) is 14.1. The van der Waals surface area contributed by atoms with Gasteiger partial charge in [-0.05, 0) is 37.1 Å². The number of hydrogen-bond acceptors (Lipinski definition) is 3. The quantitative estimate of drug-likeness (QED) is 0.684. The summed E-state index contributed by atoms with van der Waals surface area (Å²) in [4.78, 5) is 11.5. The van der Waals surface area contributed by atoms with Gasteiger partial charge in [-0.15, -0.1) is 0 Å². The molecule has 3 rings (SSSR count). The smallest absolute Gasteiger partial charge is 0.135 e. The van der Waals surface area contributed by atoms with Gasteiger partial charge in [-0.2, -0.15) is 0 Å². The standard InChI is InChI=1S/C20H23N3/c1-4-18-19(21-14-22-20(18)23(5-2)6-3)17-12-11-15-9-7-8-10-16(15)13-17/h7-14H,4-6H2,1-3H3. The van der Waals surface area contributed by atoms with Gasteiger partial charge in [-0.3, -0.25) is 0 Å². The fourth-order valence-corrected chi connectivity index (χ4v) is 3.11. The average Bonchev–Trinajstić information content (AvgIpc) is 2.62. The first-order valence-corrected chi connectivity index (χ1v) is 8.36. The first-order valence-electron chi connectivity index (χ1n) is 8.36. The zero-order chi connectivity index (χ0) is 16.2. The number of nitrogens with zero attached hydrogens (tertiary/aromatic N) is 3. The molecule has 0 amide bonds. The fraction of sp³-hybridized carbons (Fsp3) is 0.300. The van der Waals surface area contributed by atoms with Gasteiger partial charge in [0, 0.05) is 24.2 Å². The number of fused-ring (bicyclic) bond motifs is 1. The summed E-state index contributed by atoms with van der Waals surface area (Å²) in [6, 6.07) is 15.0. The highest BCUT2D eigenvalue weighted by molar-refractivity contribution is 5.87. The molecule has 0 fully saturated rings. The van der Waals surface area contributed by atoms with Crippen LogP contribution >= 0.6 is 0 Å². The van der Waals surface area contributed by atoms with E-state index in [1.807, 2.05) is 0 Å². The molecule has 0 bridgehead atoms. The van der Waals surface area contributed by atoms with E-state index >= 15 is 0 Å². The van der Waals surface area contributed by atoms with E-state index in [0.29, 0.717) is 0 Å². The van der Waals surface area contributed by atoms with Crippen LogP contribution in [0.3, 0.4) is 0 Å². The van der Waals surface area contributed by atoms with Gasteiger partial charge < -0.3 is 4.90 Å². The van der Waals surface area contributed by atoms with Crippen LogP contribution in [-0.2, 0) is 6.42 Å². The number of anilines is 1. The molecule has 3 aromatic rings. The third kappa shape index (κ3) is 2.91. The molecule has 0 saturated carbocycles. The fourth-order valence-electron chi connectivity index (χ4n) is 3.11. The van der Waals surface area contributed by atoms with Crippen molar-refractivity contribution < 1.29 is 0 Å². The Morgan fingerprint density at radius 2 is 1.61 bits per heavy atom. The van der Waals surface area contributed by atoms with Gasteiger partial charge in [-0.1, -0.05) is 43.3 Å². The Hall–Kier alpha value is -2.42. The van der Waals surface area contributed by atoms with Crippen molar-refractivity contribution in [3.63, 3.8) is 0 Å². The van der Waals surface area contributed by atoms with Crippen molar-refractivity contribution in [2.75, 3.05) is 18.0 Å². The van der Waals surface area contributed by atoms with Crippen molar-refractivity contribution in [2.24, 2.45) is 0 Å². The van der Waals surface area contributed by atoms with Crippen molar-refractivity contribution in [3.8, 4) is 11.3 Å². The van der Waals surface area contributed by atoms with Crippen molar-refractivity contribution in [1.82, 2.24) is 9.97 Å². The lowest BCUT2D eigenvalue weighted by Gasteiger charge is -2.23. The van der Waals surface area contributed by atoms with E-state index in [1.165, 1.54) is 16.3 Å². The van der Waals surface area contributed by atoms with Crippen LogP contribution in [0.25, 0.3) is 22.0 Å². The van der Waals surface area contributed by atoms with E-state index in [9.17, 15) is 0 Å². The number of aromatic nitrogens is 2. The topological polar surface area (TPSA) is 29.0 Å². The lowest BCUT2D eigenvalue weighted by molar-refractivity contribution is 0.828. The highest BCUT2D eigenvalue weighted by atomic mass is 15.2.